The topological polar surface area (TPSA) is 0 Å². The Morgan fingerprint density at radius 2 is 1.42 bits per heavy atom. The molecular formula is C19H27Cl3SiTi. The molecule has 0 saturated carbocycles. The van der Waals surface area contributed by atoms with Gasteiger partial charge in [0, 0.05) is 8.07 Å². The van der Waals surface area contributed by atoms with Crippen molar-refractivity contribution in [3.63, 3.8) is 0 Å². The van der Waals surface area contributed by atoms with Gasteiger partial charge < -0.3 is 37.2 Å². The molecule has 0 unspecified atom stereocenters. The second-order valence-electron chi connectivity index (χ2n) is 7.56. The first-order valence-electron chi connectivity index (χ1n) is 7.48. The summed E-state index contributed by atoms with van der Waals surface area (Å²) in [5.74, 6) is 0. The van der Waals surface area contributed by atoms with E-state index in [4.69, 9.17) is 0 Å². The molecule has 0 saturated heterocycles. The number of aryl methyl sites for hydroxylation is 2. The van der Waals surface area contributed by atoms with Crippen molar-refractivity contribution in [1.29, 1.82) is 0 Å². The van der Waals surface area contributed by atoms with Crippen LogP contribution < -0.4 is 42.4 Å². The molecule has 0 aliphatic heterocycles. The molecule has 0 atom stereocenters. The largest absolute Gasteiger partial charge is 4.00 e. The van der Waals surface area contributed by atoms with Crippen LogP contribution >= 0.6 is 0 Å². The van der Waals surface area contributed by atoms with E-state index in [0.29, 0.717) is 0 Å². The molecular weight excluding hydrogens is 411 g/mol. The fourth-order valence-electron chi connectivity index (χ4n) is 2.60. The number of benzene rings is 1. The molecule has 0 fully saturated rings. The normalized spacial score (nSPS) is 10.6. The molecule has 0 spiro atoms. The van der Waals surface area contributed by atoms with Gasteiger partial charge in [-0.15, -0.1) is 5.56 Å². The first-order valence-corrected chi connectivity index (χ1v) is 11.0. The van der Waals surface area contributed by atoms with Crippen molar-refractivity contribution in [3.8, 4) is 0 Å². The van der Waals surface area contributed by atoms with Gasteiger partial charge in [-0.25, -0.2) is 11.3 Å². The van der Waals surface area contributed by atoms with Gasteiger partial charge in [0.05, 0.1) is 0 Å². The van der Waals surface area contributed by atoms with Gasteiger partial charge in [-0.3, -0.25) is 0 Å². The van der Waals surface area contributed by atoms with Crippen molar-refractivity contribution in [2.24, 2.45) is 0 Å². The number of rotatable bonds is 3. The van der Waals surface area contributed by atoms with Crippen molar-refractivity contribution >= 4 is 13.3 Å². The molecule has 0 N–H and O–H groups in total. The SMILES string of the molecule is Cc1ccc(C(C)(C)[c-]2ccc([Si](C)(C)C)c2)cc1C.[Cl-].[Cl-].[Cl-].[Ti+4]. The summed E-state index contributed by atoms with van der Waals surface area (Å²) < 4.78 is 0. The van der Waals surface area contributed by atoms with Gasteiger partial charge in [-0.1, -0.05) is 51.7 Å². The predicted octanol–water partition coefficient (Wildman–Crippen LogP) is -4.10. The van der Waals surface area contributed by atoms with Crippen LogP contribution in [-0.2, 0) is 27.1 Å². The van der Waals surface area contributed by atoms with Crippen LogP contribution in [0.15, 0.2) is 36.4 Å². The van der Waals surface area contributed by atoms with E-state index in [-0.39, 0.29) is 64.4 Å². The van der Waals surface area contributed by atoms with Gasteiger partial charge >= 0.3 is 21.7 Å². The van der Waals surface area contributed by atoms with E-state index in [1.807, 2.05) is 0 Å². The van der Waals surface area contributed by atoms with Crippen LogP contribution in [0.4, 0.5) is 0 Å². The molecule has 132 valence electrons. The zero-order valence-corrected chi connectivity index (χ0v) is 20.4. The summed E-state index contributed by atoms with van der Waals surface area (Å²) in [7, 11) is -1.21. The second-order valence-corrected chi connectivity index (χ2v) is 12.6. The van der Waals surface area contributed by atoms with Crippen molar-refractivity contribution in [2.75, 3.05) is 0 Å². The van der Waals surface area contributed by atoms with Crippen molar-refractivity contribution in [3.05, 3.63) is 58.7 Å². The predicted molar refractivity (Wildman–Crippen MR) is 93.1 cm³/mol. The minimum absolute atomic E-state index is 0. The summed E-state index contributed by atoms with van der Waals surface area (Å²) >= 11 is 0. The van der Waals surface area contributed by atoms with Crippen molar-refractivity contribution < 1.29 is 58.9 Å². The maximum Gasteiger partial charge on any atom is 4.00 e. The molecule has 0 radical (unpaired) electrons. The number of halogens is 3. The van der Waals surface area contributed by atoms with E-state index in [2.05, 4.69) is 83.7 Å². The molecule has 2 rings (SSSR count). The van der Waals surface area contributed by atoms with Gasteiger partial charge in [0.15, 0.2) is 0 Å². The van der Waals surface area contributed by atoms with Gasteiger partial charge in [-0.05, 0) is 36.0 Å². The van der Waals surface area contributed by atoms with Crippen molar-refractivity contribution in [1.82, 2.24) is 0 Å². The van der Waals surface area contributed by atoms with E-state index in [9.17, 15) is 0 Å². The average Bonchev–Trinajstić information content (AvgIpc) is 2.82. The Balaban J connectivity index is -0.00000110. The molecule has 24 heavy (non-hydrogen) atoms. The first kappa shape index (κ1) is 29.1. The number of hydrogen-bond donors (Lipinski definition) is 0. The Labute approximate surface area is 182 Å². The molecule has 0 amide bonds. The van der Waals surface area contributed by atoms with Gasteiger partial charge in [0.25, 0.3) is 0 Å². The molecule has 5 heteroatoms. The van der Waals surface area contributed by atoms with Crippen LogP contribution in [0.25, 0.3) is 0 Å². The van der Waals surface area contributed by atoms with E-state index >= 15 is 0 Å². The third-order valence-corrected chi connectivity index (χ3v) is 6.61. The number of hydrogen-bond acceptors (Lipinski definition) is 0. The molecule has 0 aliphatic rings. The molecule has 0 bridgehead atoms. The van der Waals surface area contributed by atoms with Crippen LogP contribution in [-0.4, -0.2) is 8.07 Å². The fourth-order valence-corrected chi connectivity index (χ4v) is 3.77. The van der Waals surface area contributed by atoms with Crippen LogP contribution in [0, 0.1) is 13.8 Å². The standard InChI is InChI=1S/C19H27Si.3ClH.Ti/c1-14-8-9-16(12-15(14)2)19(3,4)17-10-11-18(13-17)20(5,6)7;;;;/h8-13H,1-7H3;3*1H;/q-1;;;;+4/p-3. The van der Waals surface area contributed by atoms with Gasteiger partial charge in [-0.2, -0.15) is 12.1 Å². The molecule has 2 aromatic rings. The van der Waals surface area contributed by atoms with E-state index < -0.39 is 8.07 Å². The Kier molecular flexibility index (Phi) is 12.8. The van der Waals surface area contributed by atoms with Crippen LogP contribution in [0.2, 0.25) is 19.6 Å². The van der Waals surface area contributed by atoms with Crippen LogP contribution in [0.5, 0.6) is 0 Å². The smallest absolute Gasteiger partial charge is 1.00 e. The summed E-state index contributed by atoms with van der Waals surface area (Å²) in [6.07, 6.45) is 0. The summed E-state index contributed by atoms with van der Waals surface area (Å²) in [5.41, 5.74) is 5.69. The zero-order chi connectivity index (χ0) is 15.1. The van der Waals surface area contributed by atoms with E-state index in [0.717, 1.165) is 0 Å². The molecule has 2 aromatic carbocycles. The van der Waals surface area contributed by atoms with E-state index in [1.54, 1.807) is 5.19 Å². The Morgan fingerprint density at radius 3 is 1.83 bits per heavy atom. The third-order valence-electron chi connectivity index (χ3n) is 4.57. The van der Waals surface area contributed by atoms with Gasteiger partial charge in [0.1, 0.15) is 0 Å². The summed E-state index contributed by atoms with van der Waals surface area (Å²) in [5, 5.41) is 1.56. The maximum absolute atomic E-state index is 2.43. The maximum atomic E-state index is 2.43. The minimum atomic E-state index is -1.21. The zero-order valence-electron chi connectivity index (χ0n) is 15.6. The van der Waals surface area contributed by atoms with E-state index in [1.165, 1.54) is 22.3 Å². The molecule has 0 aromatic heterocycles. The summed E-state index contributed by atoms with van der Waals surface area (Å²) in [6, 6.07) is 14.0. The minimum Gasteiger partial charge on any atom is -1.00 e. The Morgan fingerprint density at radius 1 is 0.875 bits per heavy atom. The first-order chi connectivity index (χ1) is 9.12. The second kappa shape index (κ2) is 10.5. The molecule has 0 nitrogen and oxygen atoms in total. The third kappa shape index (κ3) is 6.27. The van der Waals surface area contributed by atoms with Crippen molar-refractivity contribution in [2.45, 2.75) is 52.8 Å². The molecule has 0 aliphatic carbocycles. The molecule has 0 heterocycles. The summed E-state index contributed by atoms with van der Waals surface area (Å²) in [6.45, 7) is 16.3. The van der Waals surface area contributed by atoms with Gasteiger partial charge in [0.2, 0.25) is 0 Å². The van der Waals surface area contributed by atoms with Crippen LogP contribution in [0.1, 0.15) is 36.1 Å². The average molecular weight is 438 g/mol. The van der Waals surface area contributed by atoms with Crippen LogP contribution in [0.3, 0.4) is 0 Å². The Hall–Kier alpha value is 0.371. The summed E-state index contributed by atoms with van der Waals surface area (Å²) in [4.78, 5) is 0. The quantitative estimate of drug-likeness (QED) is 0.338. The Bertz CT molecular complexity index is 628. The monoisotopic (exact) mass is 436 g/mol. The fraction of sp³-hybridized carbons (Fsp3) is 0.421.